The van der Waals surface area contributed by atoms with Gasteiger partial charge in [0.15, 0.2) is 0 Å². The Morgan fingerprint density at radius 3 is 2.65 bits per heavy atom. The third kappa shape index (κ3) is 4.40. The molecule has 0 unspecified atom stereocenters. The molecule has 1 N–H and O–H groups in total. The minimum absolute atomic E-state index is 0.400. The molecular weight excluding hydrogens is 306 g/mol. The molecule has 3 rings (SSSR count). The highest BCUT2D eigenvalue weighted by atomic mass is 32.1. The zero-order valence-corrected chi connectivity index (χ0v) is 13.9. The van der Waals surface area contributed by atoms with Crippen LogP contribution in [0.3, 0.4) is 0 Å². The number of nitriles is 1. The predicted molar refractivity (Wildman–Crippen MR) is 92.3 cm³/mol. The minimum Gasteiger partial charge on any atom is -0.379 e. The average molecular weight is 327 g/mol. The van der Waals surface area contributed by atoms with Crippen molar-refractivity contribution in [2.75, 3.05) is 32.8 Å². The Balaban J connectivity index is 1.58. The number of thiophene rings is 1. The number of morpholine rings is 1. The van der Waals surface area contributed by atoms with Gasteiger partial charge < -0.3 is 10.1 Å². The van der Waals surface area contributed by atoms with E-state index in [-0.39, 0.29) is 0 Å². The van der Waals surface area contributed by atoms with E-state index in [9.17, 15) is 0 Å². The molecule has 1 fully saturated rings. The summed E-state index contributed by atoms with van der Waals surface area (Å²) in [5.41, 5.74) is 1.91. The van der Waals surface area contributed by atoms with Crippen LogP contribution in [0.1, 0.15) is 22.0 Å². The molecule has 0 radical (unpaired) electrons. The van der Waals surface area contributed by atoms with Crippen molar-refractivity contribution in [1.29, 1.82) is 5.26 Å². The van der Waals surface area contributed by atoms with Crippen LogP contribution in [0.25, 0.3) is 0 Å². The third-order valence-electron chi connectivity index (χ3n) is 4.11. The molecule has 0 saturated carbocycles. The maximum absolute atomic E-state index is 8.85. The summed E-state index contributed by atoms with van der Waals surface area (Å²) in [7, 11) is 0. The fourth-order valence-corrected chi connectivity index (χ4v) is 3.69. The highest BCUT2D eigenvalue weighted by Gasteiger charge is 2.22. The molecule has 2 aromatic rings. The summed E-state index contributed by atoms with van der Waals surface area (Å²) in [6.07, 6.45) is 0. The topological polar surface area (TPSA) is 48.3 Å². The summed E-state index contributed by atoms with van der Waals surface area (Å²) < 4.78 is 5.48. The molecular formula is C18H21N3OS. The second-order valence-corrected chi connectivity index (χ2v) is 6.60. The van der Waals surface area contributed by atoms with Gasteiger partial charge in [0.2, 0.25) is 0 Å². The van der Waals surface area contributed by atoms with Gasteiger partial charge in [-0.1, -0.05) is 18.2 Å². The first-order valence-electron chi connectivity index (χ1n) is 7.92. The van der Waals surface area contributed by atoms with E-state index in [4.69, 9.17) is 10.00 Å². The number of benzene rings is 1. The van der Waals surface area contributed by atoms with E-state index in [1.807, 2.05) is 35.6 Å². The number of nitrogens with one attached hydrogen (secondary N) is 1. The van der Waals surface area contributed by atoms with Gasteiger partial charge >= 0.3 is 0 Å². The molecule has 1 aromatic heterocycles. The van der Waals surface area contributed by atoms with E-state index in [0.717, 1.165) is 39.4 Å². The number of nitrogens with zero attached hydrogens (tertiary/aromatic N) is 2. The van der Waals surface area contributed by atoms with E-state index in [2.05, 4.69) is 33.8 Å². The molecule has 1 aliphatic heterocycles. The summed E-state index contributed by atoms with van der Waals surface area (Å²) in [4.78, 5) is 3.90. The number of hydrogen-bond acceptors (Lipinski definition) is 5. The zero-order chi connectivity index (χ0) is 15.9. The van der Waals surface area contributed by atoms with Crippen LogP contribution in [0.4, 0.5) is 0 Å². The summed E-state index contributed by atoms with van der Waals surface area (Å²) in [6, 6.07) is 14.7. The summed E-state index contributed by atoms with van der Waals surface area (Å²) in [6.45, 7) is 5.34. The van der Waals surface area contributed by atoms with Crippen molar-refractivity contribution in [3.8, 4) is 6.07 Å². The molecule has 0 bridgehead atoms. The standard InChI is InChI=1S/C18H21N3OS/c19-12-15-3-5-16(6-4-15)13-20-14-17(18-2-1-11-23-18)21-7-9-22-10-8-21/h1-6,11,17,20H,7-10,13-14H2/t17-/m0/s1. The Bertz CT molecular complexity index is 627. The molecule has 1 aliphatic rings. The van der Waals surface area contributed by atoms with Gasteiger partial charge in [0.25, 0.3) is 0 Å². The molecule has 1 atom stereocenters. The molecule has 5 heteroatoms. The van der Waals surface area contributed by atoms with Gasteiger partial charge in [0.1, 0.15) is 0 Å². The number of rotatable bonds is 6. The van der Waals surface area contributed by atoms with Crippen LogP contribution < -0.4 is 5.32 Å². The van der Waals surface area contributed by atoms with Crippen molar-refractivity contribution >= 4 is 11.3 Å². The van der Waals surface area contributed by atoms with Crippen LogP contribution in [0.5, 0.6) is 0 Å². The lowest BCUT2D eigenvalue weighted by Crippen LogP contribution is -2.42. The molecule has 0 amide bonds. The van der Waals surface area contributed by atoms with Crippen LogP contribution in [0, 0.1) is 11.3 Å². The fourth-order valence-electron chi connectivity index (χ4n) is 2.83. The molecule has 2 heterocycles. The van der Waals surface area contributed by atoms with E-state index >= 15 is 0 Å². The fraction of sp³-hybridized carbons (Fsp3) is 0.389. The van der Waals surface area contributed by atoms with Gasteiger partial charge in [0.05, 0.1) is 30.9 Å². The molecule has 0 spiro atoms. The van der Waals surface area contributed by atoms with Crippen molar-refractivity contribution in [1.82, 2.24) is 10.2 Å². The normalized spacial score (nSPS) is 16.8. The monoisotopic (exact) mass is 327 g/mol. The van der Waals surface area contributed by atoms with Gasteiger partial charge in [-0.15, -0.1) is 11.3 Å². The Hall–Kier alpha value is -1.71. The van der Waals surface area contributed by atoms with Crippen LogP contribution in [0.15, 0.2) is 41.8 Å². The smallest absolute Gasteiger partial charge is 0.0991 e. The SMILES string of the molecule is N#Cc1ccc(CNC[C@@H](c2cccs2)N2CCOCC2)cc1. The van der Waals surface area contributed by atoms with Gasteiger partial charge in [0, 0.05) is 31.1 Å². The average Bonchev–Trinajstić information content (AvgIpc) is 3.14. The lowest BCUT2D eigenvalue weighted by molar-refractivity contribution is 0.0168. The zero-order valence-electron chi connectivity index (χ0n) is 13.1. The lowest BCUT2D eigenvalue weighted by Gasteiger charge is -2.34. The van der Waals surface area contributed by atoms with Crippen molar-refractivity contribution in [2.24, 2.45) is 0 Å². The van der Waals surface area contributed by atoms with Gasteiger partial charge in [-0.2, -0.15) is 5.26 Å². The molecule has 4 nitrogen and oxygen atoms in total. The molecule has 1 saturated heterocycles. The Morgan fingerprint density at radius 1 is 1.22 bits per heavy atom. The minimum atomic E-state index is 0.400. The molecule has 0 aliphatic carbocycles. The van der Waals surface area contributed by atoms with Gasteiger partial charge in [-0.05, 0) is 29.1 Å². The quantitative estimate of drug-likeness (QED) is 0.886. The Labute approximate surface area is 141 Å². The summed E-state index contributed by atoms with van der Waals surface area (Å²) >= 11 is 1.82. The van der Waals surface area contributed by atoms with Crippen LogP contribution in [-0.2, 0) is 11.3 Å². The highest BCUT2D eigenvalue weighted by Crippen LogP contribution is 2.25. The Morgan fingerprint density at radius 2 is 2.00 bits per heavy atom. The van der Waals surface area contributed by atoms with Crippen molar-refractivity contribution in [3.05, 3.63) is 57.8 Å². The van der Waals surface area contributed by atoms with Gasteiger partial charge in [-0.3, -0.25) is 4.90 Å². The molecule has 23 heavy (non-hydrogen) atoms. The van der Waals surface area contributed by atoms with E-state index in [0.29, 0.717) is 11.6 Å². The number of hydrogen-bond donors (Lipinski definition) is 1. The van der Waals surface area contributed by atoms with Crippen molar-refractivity contribution in [2.45, 2.75) is 12.6 Å². The summed E-state index contributed by atoms with van der Waals surface area (Å²) in [5.74, 6) is 0. The maximum Gasteiger partial charge on any atom is 0.0991 e. The molecule has 120 valence electrons. The first kappa shape index (κ1) is 16.2. The second-order valence-electron chi connectivity index (χ2n) is 5.62. The molecule has 1 aromatic carbocycles. The van der Waals surface area contributed by atoms with Gasteiger partial charge in [-0.25, -0.2) is 0 Å². The second kappa shape index (κ2) is 8.23. The maximum atomic E-state index is 8.85. The summed E-state index contributed by atoms with van der Waals surface area (Å²) in [5, 5.41) is 14.6. The number of ether oxygens (including phenoxy) is 1. The van der Waals surface area contributed by atoms with Crippen molar-refractivity contribution in [3.63, 3.8) is 0 Å². The van der Waals surface area contributed by atoms with E-state index in [1.54, 1.807) is 0 Å². The predicted octanol–water partition coefficient (Wildman–Crippen LogP) is 2.78. The Kier molecular flexibility index (Phi) is 5.78. The van der Waals surface area contributed by atoms with Crippen LogP contribution in [0.2, 0.25) is 0 Å². The highest BCUT2D eigenvalue weighted by molar-refractivity contribution is 7.10. The van der Waals surface area contributed by atoms with Crippen molar-refractivity contribution < 1.29 is 4.74 Å². The third-order valence-corrected chi connectivity index (χ3v) is 5.08. The van der Waals surface area contributed by atoms with E-state index in [1.165, 1.54) is 10.4 Å². The first-order chi connectivity index (χ1) is 11.4. The largest absolute Gasteiger partial charge is 0.379 e. The van der Waals surface area contributed by atoms with Crippen LogP contribution >= 0.6 is 11.3 Å². The van der Waals surface area contributed by atoms with E-state index < -0.39 is 0 Å². The lowest BCUT2D eigenvalue weighted by atomic mass is 10.1. The first-order valence-corrected chi connectivity index (χ1v) is 8.80. The van der Waals surface area contributed by atoms with Crippen LogP contribution in [-0.4, -0.2) is 37.7 Å².